The molecule has 0 saturated carbocycles. The van der Waals surface area contributed by atoms with Crippen molar-refractivity contribution in [2.75, 3.05) is 18.1 Å². The molecule has 0 radical (unpaired) electrons. The third kappa shape index (κ3) is 9.29. The van der Waals surface area contributed by atoms with Crippen molar-refractivity contribution >= 4 is 26.2 Å². The Morgan fingerprint density at radius 2 is 1.70 bits per heavy atom. The van der Waals surface area contributed by atoms with Crippen molar-refractivity contribution in [1.82, 2.24) is 0 Å². The van der Waals surface area contributed by atoms with Gasteiger partial charge in [0.15, 0.2) is 6.10 Å². The summed E-state index contributed by atoms with van der Waals surface area (Å²) in [5.41, 5.74) is -0.544. The molecule has 27 heavy (non-hydrogen) atoms. The molecule has 1 aromatic carbocycles. The molecule has 9 nitrogen and oxygen atoms in total. The van der Waals surface area contributed by atoms with Gasteiger partial charge in [0, 0.05) is 5.41 Å². The van der Waals surface area contributed by atoms with Crippen LogP contribution in [-0.4, -0.2) is 56.7 Å². The smallest absolute Gasteiger partial charge is 0.335 e. The minimum Gasteiger partial charge on any atom is -0.459 e. The third-order valence-electron chi connectivity index (χ3n) is 3.59. The molecule has 11 heteroatoms. The zero-order chi connectivity index (χ0) is 20.7. The minimum atomic E-state index is -4.27. The predicted octanol–water partition coefficient (Wildman–Crippen LogP) is 0.741. The van der Waals surface area contributed by atoms with Gasteiger partial charge in [-0.05, 0) is 12.0 Å². The van der Waals surface area contributed by atoms with Gasteiger partial charge in [-0.1, -0.05) is 44.2 Å². The number of rotatable bonds is 11. The second kappa shape index (κ2) is 9.60. The number of benzene rings is 1. The molecular weight excluding hydrogens is 400 g/mol. The second-order valence-electron chi connectivity index (χ2n) is 6.65. The van der Waals surface area contributed by atoms with Gasteiger partial charge < -0.3 is 9.84 Å². The Kier molecular flexibility index (Phi) is 8.36. The predicted molar refractivity (Wildman–Crippen MR) is 96.8 cm³/mol. The SMILES string of the molecule is CC(C)(COS(=O)(=O)CCCS(=O)(=O)O)[C@@H](O)C(=O)OCc1ccccc1. The summed E-state index contributed by atoms with van der Waals surface area (Å²) in [6.07, 6.45) is -1.97. The fourth-order valence-electron chi connectivity index (χ4n) is 1.92. The molecular formula is C16H24O9S2. The van der Waals surface area contributed by atoms with Gasteiger partial charge in [-0.3, -0.25) is 8.74 Å². The summed E-state index contributed by atoms with van der Waals surface area (Å²) in [4.78, 5) is 12.0. The number of hydrogen-bond donors (Lipinski definition) is 2. The first kappa shape index (κ1) is 23.5. The van der Waals surface area contributed by atoms with E-state index < -0.39 is 55.8 Å². The van der Waals surface area contributed by atoms with Crippen molar-refractivity contribution in [2.45, 2.75) is 33.0 Å². The number of ether oxygens (including phenoxy) is 1. The molecule has 154 valence electrons. The fraction of sp³-hybridized carbons (Fsp3) is 0.562. The molecule has 0 amide bonds. The van der Waals surface area contributed by atoms with Gasteiger partial charge in [0.25, 0.3) is 20.2 Å². The van der Waals surface area contributed by atoms with E-state index in [1.54, 1.807) is 30.3 Å². The summed E-state index contributed by atoms with van der Waals surface area (Å²) >= 11 is 0. The first-order valence-electron chi connectivity index (χ1n) is 8.03. The molecule has 0 aliphatic rings. The van der Waals surface area contributed by atoms with Crippen LogP contribution >= 0.6 is 0 Å². The average molecular weight is 424 g/mol. The molecule has 1 rings (SSSR count). The number of carbonyl (C=O) groups excluding carboxylic acids is 1. The highest BCUT2D eigenvalue weighted by molar-refractivity contribution is 7.87. The van der Waals surface area contributed by atoms with E-state index in [9.17, 15) is 26.7 Å². The Balaban J connectivity index is 2.53. The lowest BCUT2D eigenvalue weighted by atomic mass is 9.88. The van der Waals surface area contributed by atoms with Crippen molar-refractivity contribution in [3.05, 3.63) is 35.9 Å². The molecule has 0 heterocycles. The van der Waals surface area contributed by atoms with E-state index in [1.807, 2.05) is 0 Å². The van der Waals surface area contributed by atoms with Crippen LogP contribution in [0.4, 0.5) is 0 Å². The highest BCUT2D eigenvalue weighted by atomic mass is 32.2. The lowest BCUT2D eigenvalue weighted by Gasteiger charge is -2.28. The van der Waals surface area contributed by atoms with E-state index in [0.717, 1.165) is 5.56 Å². The maximum atomic E-state index is 12.0. The van der Waals surface area contributed by atoms with E-state index in [-0.39, 0.29) is 13.0 Å². The molecule has 0 saturated heterocycles. The topological polar surface area (TPSA) is 144 Å². The van der Waals surface area contributed by atoms with Gasteiger partial charge in [-0.15, -0.1) is 0 Å². The van der Waals surface area contributed by atoms with Gasteiger partial charge in [0.1, 0.15) is 6.61 Å². The van der Waals surface area contributed by atoms with Crippen LogP contribution in [0.25, 0.3) is 0 Å². The Hall–Kier alpha value is -1.53. The van der Waals surface area contributed by atoms with Crippen molar-refractivity contribution in [2.24, 2.45) is 5.41 Å². The number of aliphatic hydroxyl groups is 1. The summed E-state index contributed by atoms with van der Waals surface area (Å²) in [5.74, 6) is -2.26. The maximum Gasteiger partial charge on any atom is 0.335 e. The first-order valence-corrected chi connectivity index (χ1v) is 11.2. The summed E-state index contributed by atoms with van der Waals surface area (Å²) < 4.78 is 63.1. The molecule has 2 N–H and O–H groups in total. The Morgan fingerprint density at radius 3 is 2.26 bits per heavy atom. The highest BCUT2D eigenvalue weighted by Gasteiger charge is 2.36. The number of hydrogen-bond acceptors (Lipinski definition) is 8. The van der Waals surface area contributed by atoms with Gasteiger partial charge in [0.05, 0.1) is 18.1 Å². The number of carbonyl (C=O) groups is 1. The van der Waals surface area contributed by atoms with Crippen LogP contribution in [0.1, 0.15) is 25.8 Å². The van der Waals surface area contributed by atoms with E-state index in [4.69, 9.17) is 13.5 Å². The molecule has 0 bridgehead atoms. The van der Waals surface area contributed by atoms with Gasteiger partial charge in [0.2, 0.25) is 0 Å². The number of esters is 1. The maximum absolute atomic E-state index is 12.0. The first-order chi connectivity index (χ1) is 12.3. The monoisotopic (exact) mass is 424 g/mol. The summed E-state index contributed by atoms with van der Waals surface area (Å²) in [5, 5.41) is 10.1. The summed E-state index contributed by atoms with van der Waals surface area (Å²) in [7, 11) is -8.36. The number of aliphatic hydroxyl groups excluding tert-OH is 1. The van der Waals surface area contributed by atoms with Crippen molar-refractivity contribution < 1.29 is 40.2 Å². The average Bonchev–Trinajstić information content (AvgIpc) is 2.57. The molecule has 1 aromatic rings. The van der Waals surface area contributed by atoms with Gasteiger partial charge in [-0.2, -0.15) is 16.8 Å². The zero-order valence-electron chi connectivity index (χ0n) is 15.1. The lowest BCUT2D eigenvalue weighted by Crippen LogP contribution is -2.41. The molecule has 0 aromatic heterocycles. The van der Waals surface area contributed by atoms with Gasteiger partial charge >= 0.3 is 5.97 Å². The minimum absolute atomic E-state index is 0.0401. The van der Waals surface area contributed by atoms with Crippen LogP contribution < -0.4 is 0 Å². The van der Waals surface area contributed by atoms with Crippen LogP contribution in [-0.2, 0) is 40.6 Å². The van der Waals surface area contributed by atoms with Crippen LogP contribution in [0.5, 0.6) is 0 Å². The zero-order valence-corrected chi connectivity index (χ0v) is 16.7. The Bertz CT molecular complexity index is 815. The standard InChI is InChI=1S/C16H24O9S2/c1-16(2,12-25-27(22,23)10-6-9-26(19,20)21)14(17)15(18)24-11-13-7-4-3-5-8-13/h3-5,7-8,14,17H,6,9-12H2,1-2H3,(H,19,20,21)/t14-/m0/s1. The van der Waals surface area contributed by atoms with Crippen LogP contribution in [0.3, 0.4) is 0 Å². The largest absolute Gasteiger partial charge is 0.459 e. The van der Waals surface area contributed by atoms with E-state index in [1.165, 1.54) is 13.8 Å². The Labute approximate surface area is 159 Å². The third-order valence-corrected chi connectivity index (χ3v) is 5.66. The van der Waals surface area contributed by atoms with Crippen molar-refractivity contribution in [3.63, 3.8) is 0 Å². The van der Waals surface area contributed by atoms with Crippen molar-refractivity contribution in [1.29, 1.82) is 0 Å². The molecule has 0 aliphatic heterocycles. The molecule has 0 unspecified atom stereocenters. The fourth-order valence-corrected chi connectivity index (χ4v) is 3.72. The second-order valence-corrected chi connectivity index (χ2v) is 9.98. The van der Waals surface area contributed by atoms with E-state index in [2.05, 4.69) is 0 Å². The highest BCUT2D eigenvalue weighted by Crippen LogP contribution is 2.23. The Morgan fingerprint density at radius 1 is 1.11 bits per heavy atom. The molecule has 1 atom stereocenters. The van der Waals surface area contributed by atoms with Gasteiger partial charge in [-0.25, -0.2) is 4.79 Å². The molecule has 0 aliphatic carbocycles. The lowest BCUT2D eigenvalue weighted by molar-refractivity contribution is -0.162. The summed E-state index contributed by atoms with van der Waals surface area (Å²) in [6.45, 7) is 2.30. The normalized spacial score (nSPS) is 13.9. The van der Waals surface area contributed by atoms with E-state index in [0.29, 0.717) is 0 Å². The van der Waals surface area contributed by atoms with E-state index >= 15 is 0 Å². The van der Waals surface area contributed by atoms with Crippen molar-refractivity contribution in [3.8, 4) is 0 Å². The van der Waals surface area contributed by atoms with Crippen LogP contribution in [0.2, 0.25) is 0 Å². The quantitative estimate of drug-likeness (QED) is 0.298. The molecule has 0 fully saturated rings. The van der Waals surface area contributed by atoms with Crippen LogP contribution in [0, 0.1) is 5.41 Å². The van der Waals surface area contributed by atoms with Crippen LogP contribution in [0.15, 0.2) is 30.3 Å². The summed E-state index contributed by atoms with van der Waals surface area (Å²) in [6, 6.07) is 8.83. The molecule has 0 spiro atoms.